The van der Waals surface area contributed by atoms with Crippen LogP contribution in [0.15, 0.2) is 18.3 Å². The van der Waals surface area contributed by atoms with Crippen LogP contribution in [0.5, 0.6) is 0 Å². The number of halogens is 1. The topological polar surface area (TPSA) is 28.2 Å². The quantitative estimate of drug-likeness (QED) is 0.884. The maximum atomic E-state index is 12.8. The molecule has 0 radical (unpaired) electrons. The van der Waals surface area contributed by atoms with E-state index in [-0.39, 0.29) is 11.9 Å². The van der Waals surface area contributed by atoms with Gasteiger partial charge >= 0.3 is 0 Å². The predicted molar refractivity (Wildman–Crippen MR) is 74.4 cm³/mol. The first kappa shape index (κ1) is 13.8. The fourth-order valence-electron chi connectivity index (χ4n) is 2.17. The Morgan fingerprint density at radius 1 is 1.44 bits per heavy atom. The van der Waals surface area contributed by atoms with Crippen molar-refractivity contribution < 1.29 is 4.39 Å². The number of thioether (sulfide) groups is 1. The molecule has 1 aromatic rings. The monoisotopic (exact) mass is 269 g/mol. The van der Waals surface area contributed by atoms with Crippen molar-refractivity contribution in [3.8, 4) is 0 Å². The molecule has 0 spiro atoms. The minimum Gasteiger partial charge on any atom is -0.312 e. The van der Waals surface area contributed by atoms with Crippen molar-refractivity contribution in [2.75, 3.05) is 38.2 Å². The van der Waals surface area contributed by atoms with Gasteiger partial charge in [-0.15, -0.1) is 0 Å². The molecule has 3 nitrogen and oxygen atoms in total. The largest absolute Gasteiger partial charge is 0.312 e. The molecular weight excluding hydrogens is 249 g/mol. The van der Waals surface area contributed by atoms with E-state index < -0.39 is 0 Å². The summed E-state index contributed by atoms with van der Waals surface area (Å²) < 4.78 is 12.8. The lowest BCUT2D eigenvalue weighted by Crippen LogP contribution is -2.35. The highest BCUT2D eigenvalue weighted by molar-refractivity contribution is 7.99. The highest BCUT2D eigenvalue weighted by Gasteiger charge is 2.15. The van der Waals surface area contributed by atoms with E-state index in [0.717, 1.165) is 18.7 Å². The molecule has 0 amide bonds. The van der Waals surface area contributed by atoms with Crippen molar-refractivity contribution in [3.05, 3.63) is 29.8 Å². The first-order valence-electron chi connectivity index (χ1n) is 6.38. The van der Waals surface area contributed by atoms with Crippen LogP contribution in [0.1, 0.15) is 18.2 Å². The molecule has 1 aliphatic rings. The summed E-state index contributed by atoms with van der Waals surface area (Å²) in [5.41, 5.74) is 0.922. The Kier molecular flexibility index (Phi) is 5.41. The standard InChI is InChI=1S/C13H20FN3S/c1-15-12(13-3-2-11(14)10-16-13)4-5-17-6-8-18-9-7-17/h2-3,10,12,15H,4-9H2,1H3. The molecule has 0 bridgehead atoms. The van der Waals surface area contributed by atoms with Crippen LogP contribution in [0.3, 0.4) is 0 Å². The van der Waals surface area contributed by atoms with Crippen LogP contribution in [-0.4, -0.2) is 48.1 Å². The molecule has 1 aromatic heterocycles. The average molecular weight is 269 g/mol. The van der Waals surface area contributed by atoms with Crippen LogP contribution >= 0.6 is 11.8 Å². The van der Waals surface area contributed by atoms with Crippen LogP contribution in [0.2, 0.25) is 0 Å². The van der Waals surface area contributed by atoms with E-state index in [4.69, 9.17) is 0 Å². The summed E-state index contributed by atoms with van der Waals surface area (Å²) in [6.45, 7) is 3.43. The molecule has 1 N–H and O–H groups in total. The second-order valence-electron chi connectivity index (χ2n) is 4.49. The van der Waals surface area contributed by atoms with E-state index in [0.29, 0.717) is 0 Å². The number of rotatable bonds is 5. The molecule has 0 aliphatic carbocycles. The van der Waals surface area contributed by atoms with Crippen molar-refractivity contribution in [2.45, 2.75) is 12.5 Å². The number of nitrogens with zero attached hydrogens (tertiary/aromatic N) is 2. The van der Waals surface area contributed by atoms with Gasteiger partial charge in [0.25, 0.3) is 0 Å². The van der Waals surface area contributed by atoms with E-state index >= 15 is 0 Å². The van der Waals surface area contributed by atoms with E-state index in [1.807, 2.05) is 18.8 Å². The van der Waals surface area contributed by atoms with Crippen molar-refractivity contribution >= 4 is 11.8 Å². The number of aromatic nitrogens is 1. The number of hydrogen-bond acceptors (Lipinski definition) is 4. The van der Waals surface area contributed by atoms with Crippen LogP contribution < -0.4 is 5.32 Å². The fourth-order valence-corrected chi connectivity index (χ4v) is 3.15. The first-order valence-corrected chi connectivity index (χ1v) is 7.54. The summed E-state index contributed by atoms with van der Waals surface area (Å²) in [6.07, 6.45) is 2.30. The number of nitrogens with one attached hydrogen (secondary N) is 1. The van der Waals surface area contributed by atoms with E-state index in [9.17, 15) is 4.39 Å². The molecule has 2 rings (SSSR count). The summed E-state index contributed by atoms with van der Waals surface area (Å²) in [6, 6.07) is 3.45. The van der Waals surface area contributed by atoms with Gasteiger partial charge < -0.3 is 10.2 Å². The molecule has 2 heterocycles. The predicted octanol–water partition coefficient (Wildman–Crippen LogP) is 1.92. The van der Waals surface area contributed by atoms with Crippen molar-refractivity contribution in [1.29, 1.82) is 0 Å². The van der Waals surface area contributed by atoms with Gasteiger partial charge in [-0.05, 0) is 25.6 Å². The Hall–Kier alpha value is -0.650. The lowest BCUT2D eigenvalue weighted by molar-refractivity contribution is 0.282. The van der Waals surface area contributed by atoms with Crippen LogP contribution in [-0.2, 0) is 0 Å². The zero-order valence-corrected chi connectivity index (χ0v) is 11.5. The average Bonchev–Trinajstić information content (AvgIpc) is 2.42. The molecule has 5 heteroatoms. The molecule has 0 aromatic carbocycles. The first-order chi connectivity index (χ1) is 8.79. The SMILES string of the molecule is CNC(CCN1CCSCC1)c1ccc(F)cn1. The van der Waals surface area contributed by atoms with Gasteiger partial charge in [0.2, 0.25) is 0 Å². The molecule has 1 atom stereocenters. The lowest BCUT2D eigenvalue weighted by atomic mass is 10.1. The maximum Gasteiger partial charge on any atom is 0.141 e. The Bertz CT molecular complexity index is 352. The van der Waals surface area contributed by atoms with Crippen molar-refractivity contribution in [2.24, 2.45) is 0 Å². The highest BCUT2D eigenvalue weighted by Crippen LogP contribution is 2.16. The normalized spacial score (nSPS) is 18.8. The molecular formula is C13H20FN3S. The number of hydrogen-bond donors (Lipinski definition) is 1. The smallest absolute Gasteiger partial charge is 0.141 e. The van der Waals surface area contributed by atoms with Crippen molar-refractivity contribution in [3.63, 3.8) is 0 Å². The summed E-state index contributed by atoms with van der Waals surface area (Å²) in [7, 11) is 1.93. The van der Waals surface area contributed by atoms with E-state index in [1.165, 1.54) is 36.9 Å². The van der Waals surface area contributed by atoms with Crippen LogP contribution in [0, 0.1) is 5.82 Å². The van der Waals surface area contributed by atoms with Gasteiger partial charge in [0.05, 0.1) is 17.9 Å². The molecule has 0 saturated carbocycles. The minimum atomic E-state index is -0.276. The third-order valence-corrected chi connectivity index (χ3v) is 4.24. The van der Waals surface area contributed by atoms with Gasteiger partial charge in [0.1, 0.15) is 5.82 Å². The molecule has 18 heavy (non-hydrogen) atoms. The van der Waals surface area contributed by atoms with Crippen LogP contribution in [0.25, 0.3) is 0 Å². The minimum absolute atomic E-state index is 0.208. The van der Waals surface area contributed by atoms with Gasteiger partial charge in [-0.1, -0.05) is 0 Å². The molecule has 1 fully saturated rings. The second kappa shape index (κ2) is 7.07. The van der Waals surface area contributed by atoms with Gasteiger partial charge in [-0.2, -0.15) is 11.8 Å². The molecule has 100 valence electrons. The zero-order valence-electron chi connectivity index (χ0n) is 10.7. The van der Waals surface area contributed by atoms with E-state index in [2.05, 4.69) is 15.2 Å². The summed E-state index contributed by atoms with van der Waals surface area (Å²) in [4.78, 5) is 6.64. The summed E-state index contributed by atoms with van der Waals surface area (Å²) >= 11 is 2.03. The van der Waals surface area contributed by atoms with E-state index in [1.54, 1.807) is 6.07 Å². The zero-order chi connectivity index (χ0) is 12.8. The van der Waals surface area contributed by atoms with Gasteiger partial charge in [0.15, 0.2) is 0 Å². The van der Waals surface area contributed by atoms with Crippen LogP contribution in [0.4, 0.5) is 4.39 Å². The second-order valence-corrected chi connectivity index (χ2v) is 5.71. The molecule has 1 aliphatic heterocycles. The molecule has 1 unspecified atom stereocenters. The van der Waals surface area contributed by atoms with Gasteiger partial charge in [-0.25, -0.2) is 4.39 Å². The Labute approximate surface area is 112 Å². The Balaban J connectivity index is 1.86. The summed E-state index contributed by atoms with van der Waals surface area (Å²) in [5, 5.41) is 3.26. The summed E-state index contributed by atoms with van der Waals surface area (Å²) in [5.74, 6) is 2.19. The van der Waals surface area contributed by atoms with Gasteiger partial charge in [-0.3, -0.25) is 4.98 Å². The molecule has 1 saturated heterocycles. The Morgan fingerprint density at radius 3 is 2.83 bits per heavy atom. The fraction of sp³-hybridized carbons (Fsp3) is 0.615. The highest BCUT2D eigenvalue weighted by atomic mass is 32.2. The third kappa shape index (κ3) is 3.93. The van der Waals surface area contributed by atoms with Gasteiger partial charge in [0, 0.05) is 31.1 Å². The number of pyridine rings is 1. The van der Waals surface area contributed by atoms with Crippen molar-refractivity contribution in [1.82, 2.24) is 15.2 Å². The lowest BCUT2D eigenvalue weighted by Gasteiger charge is -2.27. The Morgan fingerprint density at radius 2 is 2.22 bits per heavy atom. The third-order valence-electron chi connectivity index (χ3n) is 3.29. The maximum absolute atomic E-state index is 12.8.